The Morgan fingerprint density at radius 3 is 2.76 bits per heavy atom. The monoisotopic (exact) mass is 260 g/mol. The zero-order valence-electron chi connectivity index (χ0n) is 9.55. The van der Waals surface area contributed by atoms with Crippen molar-refractivity contribution in [1.82, 2.24) is 5.32 Å². The van der Waals surface area contributed by atoms with Crippen molar-refractivity contribution in [3.63, 3.8) is 0 Å². The fraction of sp³-hybridized carbons (Fsp3) is 0.600. The maximum absolute atomic E-state index is 11.0. The van der Waals surface area contributed by atoms with E-state index in [4.69, 9.17) is 14.3 Å². The van der Waals surface area contributed by atoms with Gasteiger partial charge in [0.15, 0.2) is 0 Å². The van der Waals surface area contributed by atoms with Gasteiger partial charge in [0, 0.05) is 13.2 Å². The third-order valence-electron chi connectivity index (χ3n) is 2.91. The highest BCUT2D eigenvalue weighted by molar-refractivity contribution is 7.89. The van der Waals surface area contributed by atoms with Crippen molar-refractivity contribution in [3.8, 4) is 0 Å². The van der Waals surface area contributed by atoms with Gasteiger partial charge in [-0.2, -0.15) is 0 Å². The zero-order chi connectivity index (χ0) is 12.5. The quantitative estimate of drug-likeness (QED) is 0.788. The van der Waals surface area contributed by atoms with Crippen LogP contribution in [0.3, 0.4) is 0 Å². The van der Waals surface area contributed by atoms with Gasteiger partial charge in [0.25, 0.3) is 10.0 Å². The minimum Gasteiger partial charge on any atom is -0.447 e. The molecule has 1 heterocycles. The van der Waals surface area contributed by atoms with Crippen LogP contribution in [0.25, 0.3) is 0 Å². The molecule has 1 aromatic rings. The Hall–Kier alpha value is -0.890. The first-order valence-corrected chi connectivity index (χ1v) is 6.91. The van der Waals surface area contributed by atoms with Crippen LogP contribution in [0.15, 0.2) is 21.6 Å². The van der Waals surface area contributed by atoms with Crippen LogP contribution in [0.4, 0.5) is 0 Å². The smallest absolute Gasteiger partial charge is 0.271 e. The second-order valence-corrected chi connectivity index (χ2v) is 5.67. The molecule has 3 N–H and O–H groups in total. The van der Waals surface area contributed by atoms with E-state index in [1.807, 2.05) is 0 Å². The van der Waals surface area contributed by atoms with E-state index in [1.165, 1.54) is 6.07 Å². The van der Waals surface area contributed by atoms with E-state index in [0.717, 1.165) is 12.8 Å². The Morgan fingerprint density at radius 2 is 2.24 bits per heavy atom. The lowest BCUT2D eigenvalue weighted by Crippen LogP contribution is -2.44. The van der Waals surface area contributed by atoms with Gasteiger partial charge in [-0.25, -0.2) is 13.6 Å². The number of furan rings is 1. The molecule has 0 radical (unpaired) electrons. The van der Waals surface area contributed by atoms with Gasteiger partial charge in [-0.15, -0.1) is 0 Å². The van der Waals surface area contributed by atoms with Crippen LogP contribution in [0, 0.1) is 0 Å². The minimum atomic E-state index is -3.74. The molecule has 0 amide bonds. The molecule has 0 aliphatic heterocycles. The summed E-state index contributed by atoms with van der Waals surface area (Å²) in [4.78, 5) is 0. The molecule has 7 heteroatoms. The summed E-state index contributed by atoms with van der Waals surface area (Å²) in [5.41, 5.74) is 0. The standard InChI is InChI=1S/C10H16N2O4S/c1-15-9-4-7(5-9)12-6-8-2-3-10(16-8)17(11,13)14/h2-3,7,9,12H,4-6H2,1H3,(H2,11,13,14). The average Bonchev–Trinajstić information content (AvgIpc) is 2.63. The number of hydrogen-bond acceptors (Lipinski definition) is 5. The van der Waals surface area contributed by atoms with Gasteiger partial charge in [0.2, 0.25) is 5.09 Å². The van der Waals surface area contributed by atoms with E-state index >= 15 is 0 Å². The molecule has 1 aliphatic rings. The molecule has 1 aliphatic carbocycles. The van der Waals surface area contributed by atoms with Gasteiger partial charge in [-0.05, 0) is 25.0 Å². The summed E-state index contributed by atoms with van der Waals surface area (Å²) >= 11 is 0. The SMILES string of the molecule is COC1CC(NCc2ccc(S(N)(=O)=O)o2)C1. The number of nitrogens with two attached hydrogens (primary N) is 1. The van der Waals surface area contributed by atoms with Crippen molar-refractivity contribution >= 4 is 10.0 Å². The van der Waals surface area contributed by atoms with E-state index < -0.39 is 10.0 Å². The molecule has 0 atom stereocenters. The summed E-state index contributed by atoms with van der Waals surface area (Å²) < 4.78 is 32.2. The first-order valence-electron chi connectivity index (χ1n) is 5.36. The molecule has 96 valence electrons. The van der Waals surface area contributed by atoms with Crippen LogP contribution in [-0.2, 0) is 21.3 Å². The summed E-state index contributed by atoms with van der Waals surface area (Å²) in [5.74, 6) is 0.565. The molecule has 17 heavy (non-hydrogen) atoms. The molecule has 0 aromatic carbocycles. The molecule has 0 bridgehead atoms. The Morgan fingerprint density at radius 1 is 1.53 bits per heavy atom. The van der Waals surface area contributed by atoms with E-state index in [9.17, 15) is 8.42 Å². The first kappa shape index (κ1) is 12.6. The Labute approximate surface area is 100 Å². The summed E-state index contributed by atoms with van der Waals surface area (Å²) in [6.07, 6.45) is 2.28. The van der Waals surface area contributed by atoms with Crippen LogP contribution in [0.1, 0.15) is 18.6 Å². The minimum absolute atomic E-state index is 0.197. The lowest BCUT2D eigenvalue weighted by molar-refractivity contribution is 0.0165. The third kappa shape index (κ3) is 3.06. The molecule has 0 spiro atoms. The van der Waals surface area contributed by atoms with Gasteiger partial charge in [0.05, 0.1) is 12.6 Å². The Kier molecular flexibility index (Phi) is 3.53. The van der Waals surface area contributed by atoms with Crippen molar-refractivity contribution < 1.29 is 17.6 Å². The van der Waals surface area contributed by atoms with Gasteiger partial charge >= 0.3 is 0 Å². The number of nitrogens with one attached hydrogen (secondary N) is 1. The summed E-state index contributed by atoms with van der Waals surface area (Å²) in [6.45, 7) is 0.497. The van der Waals surface area contributed by atoms with Crippen molar-refractivity contribution in [1.29, 1.82) is 0 Å². The molecule has 0 saturated heterocycles. The second-order valence-electron chi connectivity index (χ2n) is 4.17. The number of primary sulfonamides is 1. The van der Waals surface area contributed by atoms with E-state index in [2.05, 4.69) is 5.32 Å². The van der Waals surface area contributed by atoms with E-state index in [-0.39, 0.29) is 5.09 Å². The molecule has 1 aromatic heterocycles. The normalized spacial score (nSPS) is 24.6. The maximum atomic E-state index is 11.0. The molecular formula is C10H16N2O4S. The van der Waals surface area contributed by atoms with Crippen molar-refractivity contribution in [2.75, 3.05) is 7.11 Å². The van der Waals surface area contributed by atoms with Crippen molar-refractivity contribution in [2.24, 2.45) is 5.14 Å². The fourth-order valence-electron chi connectivity index (χ4n) is 1.78. The average molecular weight is 260 g/mol. The van der Waals surface area contributed by atoms with Crippen molar-refractivity contribution in [2.45, 2.75) is 36.6 Å². The summed E-state index contributed by atoms with van der Waals surface area (Å²) in [6, 6.07) is 3.38. The third-order valence-corrected chi connectivity index (χ3v) is 3.69. The molecule has 1 saturated carbocycles. The molecule has 1 fully saturated rings. The fourth-order valence-corrected chi connectivity index (χ4v) is 2.26. The molecular weight excluding hydrogens is 244 g/mol. The van der Waals surface area contributed by atoms with Crippen LogP contribution in [0.2, 0.25) is 0 Å². The lowest BCUT2D eigenvalue weighted by atomic mass is 9.89. The predicted molar refractivity (Wildman–Crippen MR) is 60.7 cm³/mol. The van der Waals surface area contributed by atoms with Crippen LogP contribution >= 0.6 is 0 Å². The number of rotatable bonds is 5. The Bertz CT molecular complexity index is 476. The van der Waals surface area contributed by atoms with Crippen LogP contribution in [0.5, 0.6) is 0 Å². The molecule has 2 rings (SSSR count). The van der Waals surface area contributed by atoms with Gasteiger partial charge < -0.3 is 14.5 Å². The van der Waals surface area contributed by atoms with Gasteiger partial charge in [-0.1, -0.05) is 0 Å². The van der Waals surface area contributed by atoms with E-state index in [0.29, 0.717) is 24.5 Å². The highest BCUT2D eigenvalue weighted by Gasteiger charge is 2.28. The molecule has 0 unspecified atom stereocenters. The summed E-state index contributed by atoms with van der Waals surface area (Å²) in [5, 5.41) is 8.00. The zero-order valence-corrected chi connectivity index (χ0v) is 10.4. The number of ether oxygens (including phenoxy) is 1. The number of methoxy groups -OCH3 is 1. The van der Waals surface area contributed by atoms with Gasteiger partial charge in [-0.3, -0.25) is 0 Å². The largest absolute Gasteiger partial charge is 0.447 e. The first-order chi connectivity index (χ1) is 7.99. The Balaban J connectivity index is 1.82. The van der Waals surface area contributed by atoms with Crippen LogP contribution < -0.4 is 10.5 Å². The number of hydrogen-bond donors (Lipinski definition) is 2. The van der Waals surface area contributed by atoms with Crippen molar-refractivity contribution in [3.05, 3.63) is 17.9 Å². The maximum Gasteiger partial charge on any atom is 0.271 e. The molecule has 6 nitrogen and oxygen atoms in total. The predicted octanol–water partition coefficient (Wildman–Crippen LogP) is 0.194. The second kappa shape index (κ2) is 4.77. The topological polar surface area (TPSA) is 94.6 Å². The lowest BCUT2D eigenvalue weighted by Gasteiger charge is -2.34. The summed E-state index contributed by atoms with van der Waals surface area (Å²) in [7, 11) is -2.04. The van der Waals surface area contributed by atoms with Crippen LogP contribution in [-0.4, -0.2) is 27.7 Å². The van der Waals surface area contributed by atoms with Gasteiger partial charge in [0.1, 0.15) is 5.76 Å². The highest BCUT2D eigenvalue weighted by Crippen LogP contribution is 2.23. The highest BCUT2D eigenvalue weighted by atomic mass is 32.2. The van der Waals surface area contributed by atoms with E-state index in [1.54, 1.807) is 13.2 Å². The number of sulfonamides is 1.